The van der Waals surface area contributed by atoms with Gasteiger partial charge in [-0.15, -0.1) is 12.4 Å². The highest BCUT2D eigenvalue weighted by molar-refractivity contribution is 5.85. The fraction of sp³-hybridized carbons (Fsp3) is 0.750. The SMILES string of the molecule is Cl.NC(=O)CCC[C@H]1CCNC1=O. The van der Waals surface area contributed by atoms with Crippen LogP contribution in [0.15, 0.2) is 0 Å². The molecule has 0 aromatic carbocycles. The Morgan fingerprint density at radius 3 is 2.77 bits per heavy atom. The van der Waals surface area contributed by atoms with Gasteiger partial charge >= 0.3 is 0 Å². The summed E-state index contributed by atoms with van der Waals surface area (Å²) in [6.45, 7) is 0.778. The molecule has 0 bridgehead atoms. The van der Waals surface area contributed by atoms with Gasteiger partial charge in [-0.05, 0) is 19.3 Å². The first-order valence-corrected chi connectivity index (χ1v) is 4.26. The summed E-state index contributed by atoms with van der Waals surface area (Å²) in [4.78, 5) is 21.4. The molecule has 1 rings (SSSR count). The van der Waals surface area contributed by atoms with E-state index in [4.69, 9.17) is 5.73 Å². The van der Waals surface area contributed by atoms with Crippen LogP contribution in [0.1, 0.15) is 25.7 Å². The Hall–Kier alpha value is -0.770. The van der Waals surface area contributed by atoms with Crippen molar-refractivity contribution in [1.29, 1.82) is 0 Å². The molecule has 1 aliphatic heterocycles. The van der Waals surface area contributed by atoms with Crippen LogP contribution in [0.3, 0.4) is 0 Å². The quantitative estimate of drug-likeness (QED) is 0.690. The molecule has 0 radical (unpaired) electrons. The van der Waals surface area contributed by atoms with Crippen LogP contribution < -0.4 is 11.1 Å². The summed E-state index contributed by atoms with van der Waals surface area (Å²) >= 11 is 0. The van der Waals surface area contributed by atoms with E-state index in [1.165, 1.54) is 0 Å². The third-order valence-corrected chi connectivity index (χ3v) is 2.14. The molecule has 0 spiro atoms. The highest BCUT2D eigenvalue weighted by Crippen LogP contribution is 2.16. The lowest BCUT2D eigenvalue weighted by Crippen LogP contribution is -2.19. The minimum Gasteiger partial charge on any atom is -0.370 e. The van der Waals surface area contributed by atoms with Gasteiger partial charge in [0.15, 0.2) is 0 Å². The fourth-order valence-electron chi connectivity index (χ4n) is 1.44. The maximum absolute atomic E-state index is 11.0. The number of carbonyl (C=O) groups excluding carboxylic acids is 2. The number of nitrogens with two attached hydrogens (primary N) is 1. The molecule has 76 valence electrons. The van der Waals surface area contributed by atoms with Crippen molar-refractivity contribution in [2.45, 2.75) is 25.7 Å². The van der Waals surface area contributed by atoms with Gasteiger partial charge in [-0.25, -0.2) is 0 Å². The molecule has 5 heteroatoms. The highest BCUT2D eigenvalue weighted by atomic mass is 35.5. The predicted octanol–water partition coefficient (Wildman–Crippen LogP) is 0.200. The molecule has 0 aromatic heterocycles. The maximum atomic E-state index is 11.0. The Morgan fingerprint density at radius 1 is 1.62 bits per heavy atom. The molecule has 1 saturated heterocycles. The van der Waals surface area contributed by atoms with Crippen LogP contribution >= 0.6 is 12.4 Å². The zero-order chi connectivity index (χ0) is 8.97. The first-order chi connectivity index (χ1) is 5.70. The summed E-state index contributed by atoms with van der Waals surface area (Å²) in [6.07, 6.45) is 2.81. The third-order valence-electron chi connectivity index (χ3n) is 2.14. The molecule has 1 atom stereocenters. The van der Waals surface area contributed by atoms with E-state index in [-0.39, 0.29) is 30.1 Å². The van der Waals surface area contributed by atoms with Crippen LogP contribution in [-0.4, -0.2) is 18.4 Å². The maximum Gasteiger partial charge on any atom is 0.223 e. The van der Waals surface area contributed by atoms with Crippen LogP contribution in [0.2, 0.25) is 0 Å². The first-order valence-electron chi connectivity index (χ1n) is 4.26. The summed E-state index contributed by atoms with van der Waals surface area (Å²) in [7, 11) is 0. The molecule has 1 fully saturated rings. The van der Waals surface area contributed by atoms with Gasteiger partial charge in [0.25, 0.3) is 0 Å². The minimum atomic E-state index is -0.284. The molecular weight excluding hydrogens is 192 g/mol. The van der Waals surface area contributed by atoms with Crippen molar-refractivity contribution in [3.05, 3.63) is 0 Å². The van der Waals surface area contributed by atoms with Crippen molar-refractivity contribution in [3.8, 4) is 0 Å². The second-order valence-corrected chi connectivity index (χ2v) is 3.14. The van der Waals surface area contributed by atoms with Gasteiger partial charge < -0.3 is 11.1 Å². The molecule has 1 aliphatic rings. The summed E-state index contributed by atoms with van der Waals surface area (Å²) in [5.74, 6) is -0.0442. The van der Waals surface area contributed by atoms with Crippen molar-refractivity contribution >= 4 is 24.2 Å². The zero-order valence-electron chi connectivity index (χ0n) is 7.41. The summed E-state index contributed by atoms with van der Waals surface area (Å²) in [5, 5.41) is 2.75. The van der Waals surface area contributed by atoms with E-state index in [1.807, 2.05) is 0 Å². The van der Waals surface area contributed by atoms with Crippen LogP contribution in [0.5, 0.6) is 0 Å². The Bertz CT molecular complexity index is 197. The molecule has 3 N–H and O–H groups in total. The van der Waals surface area contributed by atoms with Gasteiger partial charge in [0.1, 0.15) is 0 Å². The van der Waals surface area contributed by atoms with E-state index in [9.17, 15) is 9.59 Å². The normalized spacial score (nSPS) is 20.6. The average Bonchev–Trinajstić information content (AvgIpc) is 2.36. The van der Waals surface area contributed by atoms with Crippen molar-refractivity contribution in [2.24, 2.45) is 11.7 Å². The number of primary amides is 1. The van der Waals surface area contributed by atoms with E-state index < -0.39 is 0 Å². The van der Waals surface area contributed by atoms with E-state index in [2.05, 4.69) is 5.32 Å². The monoisotopic (exact) mass is 206 g/mol. The molecule has 2 amide bonds. The molecule has 0 unspecified atom stereocenters. The molecular formula is C8H15ClN2O2. The van der Waals surface area contributed by atoms with E-state index in [1.54, 1.807) is 0 Å². The summed E-state index contributed by atoms with van der Waals surface area (Å²) in [6, 6.07) is 0. The van der Waals surface area contributed by atoms with Crippen LogP contribution in [0.25, 0.3) is 0 Å². The Morgan fingerprint density at radius 2 is 2.31 bits per heavy atom. The van der Waals surface area contributed by atoms with Gasteiger partial charge in [0.2, 0.25) is 11.8 Å². The third kappa shape index (κ3) is 4.12. The number of amides is 2. The first kappa shape index (κ1) is 12.2. The van der Waals surface area contributed by atoms with Gasteiger partial charge in [0.05, 0.1) is 0 Å². The second kappa shape index (κ2) is 5.80. The van der Waals surface area contributed by atoms with E-state index in [0.29, 0.717) is 6.42 Å². The highest BCUT2D eigenvalue weighted by Gasteiger charge is 2.23. The van der Waals surface area contributed by atoms with E-state index >= 15 is 0 Å². The molecule has 0 aliphatic carbocycles. The second-order valence-electron chi connectivity index (χ2n) is 3.14. The predicted molar refractivity (Wildman–Crippen MR) is 51.4 cm³/mol. The lowest BCUT2D eigenvalue weighted by atomic mass is 10.0. The number of nitrogens with one attached hydrogen (secondary N) is 1. The van der Waals surface area contributed by atoms with Gasteiger partial charge in [-0.2, -0.15) is 0 Å². The van der Waals surface area contributed by atoms with Crippen molar-refractivity contribution in [3.63, 3.8) is 0 Å². The molecule has 0 saturated carbocycles. The molecule has 13 heavy (non-hydrogen) atoms. The average molecular weight is 207 g/mol. The van der Waals surface area contributed by atoms with Gasteiger partial charge in [0, 0.05) is 18.9 Å². The van der Waals surface area contributed by atoms with Crippen molar-refractivity contribution in [1.82, 2.24) is 5.32 Å². The topological polar surface area (TPSA) is 72.2 Å². The largest absolute Gasteiger partial charge is 0.370 e. The Kier molecular flexibility index (Phi) is 5.46. The smallest absolute Gasteiger partial charge is 0.223 e. The number of rotatable bonds is 4. The van der Waals surface area contributed by atoms with E-state index in [0.717, 1.165) is 25.8 Å². The Balaban J connectivity index is 0.00000144. The van der Waals surface area contributed by atoms with Crippen LogP contribution in [0, 0.1) is 5.92 Å². The minimum absolute atomic E-state index is 0. The fourth-order valence-corrected chi connectivity index (χ4v) is 1.44. The number of hydrogen-bond acceptors (Lipinski definition) is 2. The van der Waals surface area contributed by atoms with Gasteiger partial charge in [-0.1, -0.05) is 0 Å². The zero-order valence-corrected chi connectivity index (χ0v) is 8.23. The molecule has 4 nitrogen and oxygen atoms in total. The Labute approximate surface area is 83.7 Å². The molecule has 0 aromatic rings. The standard InChI is InChI=1S/C8H14N2O2.ClH/c9-7(11)3-1-2-6-4-5-10-8(6)12;/h6H,1-5H2,(H2,9,11)(H,10,12);1H/t6-;/m0./s1. The van der Waals surface area contributed by atoms with Crippen LogP contribution in [-0.2, 0) is 9.59 Å². The lowest BCUT2D eigenvalue weighted by Gasteiger charge is -2.03. The van der Waals surface area contributed by atoms with Crippen LogP contribution in [0.4, 0.5) is 0 Å². The van der Waals surface area contributed by atoms with Gasteiger partial charge in [-0.3, -0.25) is 9.59 Å². The van der Waals surface area contributed by atoms with Crippen molar-refractivity contribution < 1.29 is 9.59 Å². The number of carbonyl (C=O) groups is 2. The molecule has 1 heterocycles. The lowest BCUT2D eigenvalue weighted by molar-refractivity contribution is -0.123. The number of halogens is 1. The number of hydrogen-bond donors (Lipinski definition) is 2. The summed E-state index contributed by atoms with van der Waals surface area (Å²) in [5.41, 5.74) is 4.97. The van der Waals surface area contributed by atoms with Crippen molar-refractivity contribution in [2.75, 3.05) is 6.54 Å². The summed E-state index contributed by atoms with van der Waals surface area (Å²) < 4.78 is 0.